The van der Waals surface area contributed by atoms with E-state index in [1.54, 1.807) is 6.07 Å². The number of nitrogens with zero attached hydrogens (tertiary/aromatic N) is 1. The van der Waals surface area contributed by atoms with E-state index in [1.165, 1.54) is 12.8 Å². The summed E-state index contributed by atoms with van der Waals surface area (Å²) in [4.78, 5) is 28.9. The highest BCUT2D eigenvalue weighted by Gasteiger charge is 2.57. The van der Waals surface area contributed by atoms with Gasteiger partial charge >= 0.3 is 0 Å². The predicted octanol–water partition coefficient (Wildman–Crippen LogP) is 5.41. The molecule has 2 N–H and O–H groups in total. The minimum Gasteiger partial charge on any atom is -0.507 e. The zero-order chi connectivity index (χ0) is 29.1. The minimum absolute atomic E-state index is 0.0943. The van der Waals surface area contributed by atoms with Crippen LogP contribution in [0.3, 0.4) is 0 Å². The fourth-order valence-corrected chi connectivity index (χ4v) is 8.41. The fraction of sp³-hybridized carbons (Fsp3) is 0.444. The van der Waals surface area contributed by atoms with Crippen LogP contribution in [0.25, 0.3) is 11.1 Å². The summed E-state index contributed by atoms with van der Waals surface area (Å²) in [5, 5.41) is 14.7. The number of benzene rings is 3. The average molecular weight is 579 g/mol. The van der Waals surface area contributed by atoms with Crippen LogP contribution in [0.15, 0.2) is 54.6 Å². The molecule has 8 rings (SSSR count). The molecule has 2 bridgehead atoms. The number of Topliss-reactive ketones (excluding diaryl/α,β-unsaturated/α-hetero) is 1. The number of carbonyl (C=O) groups is 2. The summed E-state index contributed by atoms with van der Waals surface area (Å²) in [6.45, 7) is 2.85. The van der Waals surface area contributed by atoms with E-state index in [-0.39, 0.29) is 29.6 Å². The number of phenols is 1. The second-order valence-corrected chi connectivity index (χ2v) is 13.2. The highest BCUT2D eigenvalue weighted by atomic mass is 16.7. The summed E-state index contributed by atoms with van der Waals surface area (Å²) < 4.78 is 10.9. The lowest BCUT2D eigenvalue weighted by atomic mass is 9.51. The maximum Gasteiger partial charge on any atom is 0.255 e. The molecular formula is C36H38N2O5. The van der Waals surface area contributed by atoms with Crippen molar-refractivity contribution in [1.82, 2.24) is 10.2 Å². The molecule has 3 unspecified atom stereocenters. The van der Waals surface area contributed by atoms with E-state index in [2.05, 4.69) is 34.5 Å². The number of ether oxygens (including phenoxy) is 2. The van der Waals surface area contributed by atoms with Crippen LogP contribution in [0.2, 0.25) is 0 Å². The molecule has 1 amide bonds. The van der Waals surface area contributed by atoms with Gasteiger partial charge in [0.2, 0.25) is 6.79 Å². The molecule has 3 aliphatic carbocycles. The Kier molecular flexibility index (Phi) is 6.48. The van der Waals surface area contributed by atoms with E-state index in [0.717, 1.165) is 77.6 Å². The number of aromatic hydroxyl groups is 1. The fourth-order valence-electron chi connectivity index (χ4n) is 8.41. The lowest BCUT2D eigenvalue weighted by Gasteiger charge is -2.58. The van der Waals surface area contributed by atoms with Crippen LogP contribution in [0.5, 0.6) is 17.2 Å². The van der Waals surface area contributed by atoms with Gasteiger partial charge in [0.25, 0.3) is 5.91 Å². The average Bonchev–Trinajstić information content (AvgIpc) is 3.71. The van der Waals surface area contributed by atoms with Crippen molar-refractivity contribution in [2.24, 2.45) is 11.8 Å². The second kappa shape index (κ2) is 10.4. The summed E-state index contributed by atoms with van der Waals surface area (Å²) in [5.74, 6) is 2.83. The lowest BCUT2D eigenvalue weighted by molar-refractivity contribution is -0.127. The predicted molar refractivity (Wildman–Crippen MR) is 163 cm³/mol. The molecule has 3 fully saturated rings. The van der Waals surface area contributed by atoms with E-state index in [1.807, 2.05) is 24.3 Å². The SMILES string of the molecule is O=C1CCC2C3Cc4ccc(C(=O)NCCc5ccc(-c6ccc7c(c6)OCO7)cc5)c(O)c4C2(CCN3CC2CC2)C1. The van der Waals surface area contributed by atoms with Gasteiger partial charge in [0.05, 0.1) is 5.56 Å². The second-order valence-electron chi connectivity index (χ2n) is 13.2. The topological polar surface area (TPSA) is 88.1 Å². The first kappa shape index (κ1) is 26.8. The van der Waals surface area contributed by atoms with E-state index in [0.29, 0.717) is 43.3 Å². The van der Waals surface area contributed by atoms with Crippen LogP contribution < -0.4 is 14.8 Å². The van der Waals surface area contributed by atoms with Gasteiger partial charge < -0.3 is 19.9 Å². The van der Waals surface area contributed by atoms with Gasteiger partial charge in [-0.25, -0.2) is 0 Å². The maximum absolute atomic E-state index is 13.4. The smallest absolute Gasteiger partial charge is 0.255 e. The molecule has 3 aromatic rings. The van der Waals surface area contributed by atoms with Crippen molar-refractivity contribution in [3.8, 4) is 28.4 Å². The van der Waals surface area contributed by atoms with Crippen LogP contribution in [-0.2, 0) is 23.1 Å². The number of rotatable bonds is 7. The van der Waals surface area contributed by atoms with Crippen LogP contribution in [-0.4, -0.2) is 54.2 Å². The number of nitrogens with one attached hydrogen (secondary N) is 1. The Morgan fingerprint density at radius 1 is 1.00 bits per heavy atom. The molecule has 0 radical (unpaired) electrons. The number of phenolic OH excluding ortho intramolecular Hbond substituents is 1. The highest BCUT2D eigenvalue weighted by molar-refractivity contribution is 5.98. The van der Waals surface area contributed by atoms with Crippen molar-refractivity contribution in [2.45, 2.75) is 62.8 Å². The number of amides is 1. The molecule has 0 aromatic heterocycles. The first-order chi connectivity index (χ1) is 21.0. The molecule has 1 saturated heterocycles. The number of piperidine rings is 1. The number of hydrogen-bond acceptors (Lipinski definition) is 6. The standard InChI is InChI=1S/C36H38N2O5/c39-27-9-11-29-30-17-26-7-10-28(34(40)33(26)36(29,19-27)14-16-38(30)20-23-1-2-23)35(41)37-15-13-22-3-5-24(6-4-22)25-8-12-31-32(18-25)43-21-42-31/h3-8,10,12,18,23,29-30,40H,1-2,9,11,13-17,19-21H2,(H,37,41). The van der Waals surface area contributed by atoms with Crippen molar-refractivity contribution < 1.29 is 24.2 Å². The van der Waals surface area contributed by atoms with E-state index in [4.69, 9.17) is 9.47 Å². The molecule has 2 aliphatic heterocycles. The molecule has 2 heterocycles. The van der Waals surface area contributed by atoms with Crippen molar-refractivity contribution in [2.75, 3.05) is 26.4 Å². The Morgan fingerprint density at radius 3 is 2.65 bits per heavy atom. The van der Waals surface area contributed by atoms with Gasteiger partial charge in [-0.3, -0.25) is 14.5 Å². The van der Waals surface area contributed by atoms with Gasteiger partial charge in [-0.05, 0) is 97.4 Å². The molecule has 0 spiro atoms. The van der Waals surface area contributed by atoms with E-state index in [9.17, 15) is 14.7 Å². The van der Waals surface area contributed by atoms with Crippen LogP contribution in [0.1, 0.15) is 65.6 Å². The van der Waals surface area contributed by atoms with E-state index < -0.39 is 0 Å². The monoisotopic (exact) mass is 578 g/mol. The van der Waals surface area contributed by atoms with Gasteiger partial charge in [0.15, 0.2) is 11.5 Å². The van der Waals surface area contributed by atoms with Crippen molar-refractivity contribution >= 4 is 11.7 Å². The summed E-state index contributed by atoms with van der Waals surface area (Å²) in [6, 6.07) is 18.5. The molecule has 3 atom stereocenters. The molecule has 222 valence electrons. The Labute approximate surface area is 252 Å². The molecule has 43 heavy (non-hydrogen) atoms. The largest absolute Gasteiger partial charge is 0.507 e. The summed E-state index contributed by atoms with van der Waals surface area (Å²) in [5.41, 5.74) is 5.24. The summed E-state index contributed by atoms with van der Waals surface area (Å²) >= 11 is 0. The number of hydrogen-bond donors (Lipinski definition) is 2. The first-order valence-electron chi connectivity index (χ1n) is 15.9. The van der Waals surface area contributed by atoms with Gasteiger partial charge in [-0.2, -0.15) is 0 Å². The van der Waals surface area contributed by atoms with Crippen molar-refractivity contribution in [3.05, 3.63) is 76.9 Å². The van der Waals surface area contributed by atoms with E-state index >= 15 is 0 Å². The molecule has 7 heteroatoms. The Balaban J connectivity index is 0.973. The van der Waals surface area contributed by atoms with Crippen LogP contribution in [0.4, 0.5) is 0 Å². The van der Waals surface area contributed by atoms with Gasteiger partial charge in [-0.15, -0.1) is 0 Å². The third-order valence-corrected chi connectivity index (χ3v) is 10.7. The minimum atomic E-state index is -0.353. The zero-order valence-electron chi connectivity index (χ0n) is 24.4. The van der Waals surface area contributed by atoms with Crippen molar-refractivity contribution in [3.63, 3.8) is 0 Å². The Morgan fingerprint density at radius 2 is 1.81 bits per heavy atom. The summed E-state index contributed by atoms with van der Waals surface area (Å²) in [7, 11) is 0. The van der Waals surface area contributed by atoms with Gasteiger partial charge in [-0.1, -0.05) is 36.4 Å². The molecule has 7 nitrogen and oxygen atoms in total. The number of carbonyl (C=O) groups excluding carboxylic acids is 2. The zero-order valence-corrected chi connectivity index (χ0v) is 24.4. The first-order valence-corrected chi connectivity index (χ1v) is 15.9. The van der Waals surface area contributed by atoms with Crippen LogP contribution >= 0.6 is 0 Å². The molecule has 5 aliphatic rings. The maximum atomic E-state index is 13.4. The number of ketones is 1. The number of fused-ring (bicyclic) bond motifs is 2. The highest BCUT2D eigenvalue weighted by Crippen LogP contribution is 2.58. The third-order valence-electron chi connectivity index (χ3n) is 10.7. The quantitative estimate of drug-likeness (QED) is 0.390. The third kappa shape index (κ3) is 4.69. The molecule has 2 saturated carbocycles. The van der Waals surface area contributed by atoms with Gasteiger partial charge in [0.1, 0.15) is 11.5 Å². The summed E-state index contributed by atoms with van der Waals surface area (Å²) in [6.07, 6.45) is 7.11. The normalized spacial score (nSPS) is 25.6. The number of likely N-dealkylation sites (tertiary alicyclic amines) is 1. The van der Waals surface area contributed by atoms with Gasteiger partial charge in [0, 0.05) is 43.0 Å². The Hall–Kier alpha value is -3.84. The van der Waals surface area contributed by atoms with Crippen LogP contribution in [0, 0.1) is 11.8 Å². The lowest BCUT2D eigenvalue weighted by Crippen LogP contribution is -2.62. The Bertz CT molecular complexity index is 1600. The van der Waals surface area contributed by atoms with Crippen molar-refractivity contribution in [1.29, 1.82) is 0 Å². The molecule has 3 aromatic carbocycles. The molecular weight excluding hydrogens is 540 g/mol.